The summed E-state index contributed by atoms with van der Waals surface area (Å²) < 4.78 is 0. The highest BCUT2D eigenvalue weighted by molar-refractivity contribution is 6.29. The zero-order chi connectivity index (χ0) is 10.8. The summed E-state index contributed by atoms with van der Waals surface area (Å²) in [6, 6.07) is 3.47. The van der Waals surface area contributed by atoms with Crippen molar-refractivity contribution in [3.05, 3.63) is 29.0 Å². The molecule has 0 aliphatic heterocycles. The first-order valence-electron chi connectivity index (χ1n) is 4.82. The minimum absolute atomic E-state index is 0.0509. The van der Waals surface area contributed by atoms with E-state index in [2.05, 4.69) is 4.98 Å². The van der Waals surface area contributed by atoms with E-state index in [1.54, 1.807) is 18.3 Å². The van der Waals surface area contributed by atoms with Crippen LogP contribution in [0, 0.1) is 5.92 Å². The highest BCUT2D eigenvalue weighted by atomic mass is 35.5. The number of carbonyl (C=O) groups is 2. The topological polar surface area (TPSA) is 47.0 Å². The minimum atomic E-state index is -0.451. The molecule has 0 amide bonds. The van der Waals surface area contributed by atoms with E-state index in [0.717, 1.165) is 5.56 Å². The summed E-state index contributed by atoms with van der Waals surface area (Å²) in [5.74, 6) is -0.349. The Bertz CT molecular complexity index is 384. The number of nitrogens with zero attached hydrogens (tertiary/aromatic N) is 1. The van der Waals surface area contributed by atoms with E-state index in [4.69, 9.17) is 11.6 Å². The molecular formula is C11H10ClNO2. The van der Waals surface area contributed by atoms with Gasteiger partial charge in [0.1, 0.15) is 16.7 Å². The van der Waals surface area contributed by atoms with E-state index in [-0.39, 0.29) is 11.6 Å². The van der Waals surface area contributed by atoms with Gasteiger partial charge in [-0.2, -0.15) is 0 Å². The second-order valence-electron chi connectivity index (χ2n) is 3.68. The highest BCUT2D eigenvalue weighted by Crippen LogP contribution is 2.22. The number of rotatable bonds is 2. The third kappa shape index (κ3) is 2.23. The van der Waals surface area contributed by atoms with Crippen molar-refractivity contribution < 1.29 is 9.59 Å². The number of hydrogen-bond donors (Lipinski definition) is 0. The zero-order valence-corrected chi connectivity index (χ0v) is 8.83. The summed E-state index contributed by atoms with van der Waals surface area (Å²) in [6.07, 6.45) is 2.86. The second kappa shape index (κ2) is 4.11. The minimum Gasteiger partial charge on any atom is -0.299 e. The zero-order valence-electron chi connectivity index (χ0n) is 8.07. The van der Waals surface area contributed by atoms with Crippen LogP contribution in [-0.4, -0.2) is 16.6 Å². The summed E-state index contributed by atoms with van der Waals surface area (Å²) >= 11 is 5.64. The van der Waals surface area contributed by atoms with Crippen LogP contribution in [0.15, 0.2) is 18.3 Å². The summed E-state index contributed by atoms with van der Waals surface area (Å²) in [5.41, 5.74) is 0.882. The number of carbonyl (C=O) groups excluding carboxylic acids is 2. The molecule has 0 aromatic carbocycles. The van der Waals surface area contributed by atoms with E-state index in [1.165, 1.54) is 0 Å². The van der Waals surface area contributed by atoms with Gasteiger partial charge in [-0.15, -0.1) is 0 Å². The van der Waals surface area contributed by atoms with Crippen LogP contribution in [0.2, 0.25) is 5.15 Å². The monoisotopic (exact) mass is 223 g/mol. The Hall–Kier alpha value is -1.22. The smallest absolute Gasteiger partial charge is 0.144 e. The lowest BCUT2D eigenvalue weighted by atomic mass is 9.97. The van der Waals surface area contributed by atoms with Crippen LogP contribution in [0.1, 0.15) is 18.4 Å². The lowest BCUT2D eigenvalue weighted by Gasteiger charge is -2.05. The molecule has 1 aromatic heterocycles. The van der Waals surface area contributed by atoms with Crippen LogP contribution in [0.5, 0.6) is 0 Å². The van der Waals surface area contributed by atoms with Crippen molar-refractivity contribution in [2.75, 3.05) is 0 Å². The number of halogens is 1. The average molecular weight is 224 g/mol. The molecule has 0 radical (unpaired) electrons. The lowest BCUT2D eigenvalue weighted by Crippen LogP contribution is -2.17. The van der Waals surface area contributed by atoms with Gasteiger partial charge >= 0.3 is 0 Å². The molecule has 0 saturated heterocycles. The normalized spacial score (nSPS) is 17.4. The molecule has 78 valence electrons. The molecular weight excluding hydrogens is 214 g/mol. The molecule has 1 fully saturated rings. The molecule has 1 aromatic rings. The molecule has 2 rings (SSSR count). The fourth-order valence-electron chi connectivity index (χ4n) is 1.76. The molecule has 0 N–H and O–H groups in total. The fourth-order valence-corrected chi connectivity index (χ4v) is 1.88. The van der Waals surface area contributed by atoms with Gasteiger partial charge in [-0.25, -0.2) is 4.98 Å². The molecule has 1 aliphatic rings. The van der Waals surface area contributed by atoms with E-state index >= 15 is 0 Å². The molecule has 3 nitrogen and oxygen atoms in total. The number of ketones is 2. The Morgan fingerprint density at radius 1 is 1.27 bits per heavy atom. The van der Waals surface area contributed by atoms with Gasteiger partial charge in [-0.05, 0) is 18.1 Å². The first-order valence-corrected chi connectivity index (χ1v) is 5.20. The van der Waals surface area contributed by atoms with Crippen molar-refractivity contribution in [1.29, 1.82) is 0 Å². The molecule has 15 heavy (non-hydrogen) atoms. The SMILES string of the molecule is O=C1CCC(=O)C1Cc1ccc(Cl)nc1. The first kappa shape index (κ1) is 10.3. The largest absolute Gasteiger partial charge is 0.299 e. The number of aromatic nitrogens is 1. The molecule has 0 unspecified atom stereocenters. The van der Waals surface area contributed by atoms with Crippen LogP contribution < -0.4 is 0 Å². The van der Waals surface area contributed by atoms with Gasteiger partial charge in [0.05, 0.1) is 5.92 Å². The Labute approximate surface area is 92.5 Å². The van der Waals surface area contributed by atoms with Crippen LogP contribution in [0.4, 0.5) is 0 Å². The summed E-state index contributed by atoms with van der Waals surface area (Å²) in [5, 5.41) is 0.419. The highest BCUT2D eigenvalue weighted by Gasteiger charge is 2.32. The maximum atomic E-state index is 11.4. The Morgan fingerprint density at radius 3 is 2.47 bits per heavy atom. The van der Waals surface area contributed by atoms with Gasteiger partial charge in [0.25, 0.3) is 0 Å². The van der Waals surface area contributed by atoms with Crippen molar-refractivity contribution in [2.24, 2.45) is 5.92 Å². The van der Waals surface area contributed by atoms with Gasteiger partial charge in [0.15, 0.2) is 0 Å². The molecule has 0 spiro atoms. The maximum absolute atomic E-state index is 11.4. The average Bonchev–Trinajstić information content (AvgIpc) is 2.53. The number of hydrogen-bond acceptors (Lipinski definition) is 3. The van der Waals surface area contributed by atoms with Crippen molar-refractivity contribution in [1.82, 2.24) is 4.98 Å². The third-order valence-electron chi connectivity index (χ3n) is 2.62. The van der Waals surface area contributed by atoms with Crippen molar-refractivity contribution in [2.45, 2.75) is 19.3 Å². The van der Waals surface area contributed by atoms with Crippen LogP contribution >= 0.6 is 11.6 Å². The van der Waals surface area contributed by atoms with E-state index in [0.29, 0.717) is 24.4 Å². The molecule has 4 heteroatoms. The van der Waals surface area contributed by atoms with Gasteiger partial charge in [0, 0.05) is 19.0 Å². The first-order chi connectivity index (χ1) is 7.16. The maximum Gasteiger partial charge on any atom is 0.144 e. The van der Waals surface area contributed by atoms with Gasteiger partial charge < -0.3 is 0 Å². The standard InChI is InChI=1S/C11H10ClNO2/c12-11-4-1-7(6-13-11)5-8-9(14)2-3-10(8)15/h1,4,6,8H,2-3,5H2. The van der Waals surface area contributed by atoms with Gasteiger partial charge in [-0.3, -0.25) is 9.59 Å². The summed E-state index contributed by atoms with van der Waals surface area (Å²) in [6.45, 7) is 0. The molecule has 1 saturated carbocycles. The Morgan fingerprint density at radius 2 is 1.93 bits per heavy atom. The van der Waals surface area contributed by atoms with E-state index < -0.39 is 5.92 Å². The molecule has 1 aliphatic carbocycles. The molecule has 0 bridgehead atoms. The molecule has 0 atom stereocenters. The Balaban J connectivity index is 2.11. The molecule has 1 heterocycles. The summed E-state index contributed by atoms with van der Waals surface area (Å²) in [7, 11) is 0. The summed E-state index contributed by atoms with van der Waals surface area (Å²) in [4.78, 5) is 26.7. The van der Waals surface area contributed by atoms with Crippen LogP contribution in [0.3, 0.4) is 0 Å². The second-order valence-corrected chi connectivity index (χ2v) is 4.07. The van der Waals surface area contributed by atoms with E-state index in [9.17, 15) is 9.59 Å². The van der Waals surface area contributed by atoms with Crippen molar-refractivity contribution in [3.8, 4) is 0 Å². The van der Waals surface area contributed by atoms with Gasteiger partial charge in [0.2, 0.25) is 0 Å². The Kier molecular flexibility index (Phi) is 2.82. The van der Waals surface area contributed by atoms with Gasteiger partial charge in [-0.1, -0.05) is 17.7 Å². The third-order valence-corrected chi connectivity index (χ3v) is 2.85. The number of Topliss-reactive ketones (excluding diaryl/α,β-unsaturated/α-hetero) is 2. The predicted molar refractivity (Wildman–Crippen MR) is 55.7 cm³/mol. The van der Waals surface area contributed by atoms with Crippen molar-refractivity contribution in [3.63, 3.8) is 0 Å². The lowest BCUT2D eigenvalue weighted by molar-refractivity contribution is -0.127. The van der Waals surface area contributed by atoms with Crippen LogP contribution in [-0.2, 0) is 16.0 Å². The van der Waals surface area contributed by atoms with Crippen LogP contribution in [0.25, 0.3) is 0 Å². The quantitative estimate of drug-likeness (QED) is 0.568. The predicted octanol–water partition coefficient (Wildman–Crippen LogP) is 1.83. The fraction of sp³-hybridized carbons (Fsp3) is 0.364. The van der Waals surface area contributed by atoms with Crippen molar-refractivity contribution >= 4 is 23.2 Å². The number of pyridine rings is 1. The van der Waals surface area contributed by atoms with E-state index in [1.807, 2.05) is 0 Å².